The Hall–Kier alpha value is -3.55. The zero-order chi connectivity index (χ0) is 18.1. The van der Waals surface area contributed by atoms with Crippen molar-refractivity contribution in [2.45, 2.75) is 6.92 Å². The van der Waals surface area contributed by atoms with Gasteiger partial charge in [-0.1, -0.05) is 24.8 Å². The summed E-state index contributed by atoms with van der Waals surface area (Å²) in [7, 11) is 0. The van der Waals surface area contributed by atoms with Gasteiger partial charge in [0.05, 0.1) is 15.9 Å². The second-order valence-corrected chi connectivity index (χ2v) is 4.52. The normalized spacial score (nSPS) is 9.21. The van der Waals surface area contributed by atoms with Crippen LogP contribution in [0.4, 0.5) is 11.4 Å². The van der Waals surface area contributed by atoms with Gasteiger partial charge in [0.25, 0.3) is 11.4 Å². The van der Waals surface area contributed by atoms with E-state index in [1.54, 1.807) is 31.2 Å². The van der Waals surface area contributed by atoms with Crippen molar-refractivity contribution in [2.75, 3.05) is 0 Å². The molecule has 0 atom stereocenters. The van der Waals surface area contributed by atoms with Crippen LogP contribution in [0.1, 0.15) is 6.92 Å². The van der Waals surface area contributed by atoms with Gasteiger partial charge in [0.2, 0.25) is 0 Å². The number of rotatable bonds is 4. The van der Waals surface area contributed by atoms with Crippen molar-refractivity contribution in [3.63, 3.8) is 0 Å². The van der Waals surface area contributed by atoms with Crippen molar-refractivity contribution in [3.8, 4) is 5.75 Å². The summed E-state index contributed by atoms with van der Waals surface area (Å²) in [5.41, 5.74) is -0.146. The van der Waals surface area contributed by atoms with Gasteiger partial charge in [0, 0.05) is 17.7 Å². The molecule has 0 N–H and O–H groups in total. The first-order valence-corrected chi connectivity index (χ1v) is 6.63. The highest BCUT2D eigenvalue weighted by molar-refractivity contribution is 5.88. The van der Waals surface area contributed by atoms with Crippen molar-refractivity contribution < 1.29 is 19.4 Å². The minimum Gasteiger partial charge on any atom is -0.423 e. The first kappa shape index (κ1) is 18.5. The molecule has 0 heterocycles. The maximum atomic E-state index is 11.0. The second kappa shape index (κ2) is 8.79. The third-order valence-corrected chi connectivity index (χ3v) is 2.55. The highest BCUT2D eigenvalue weighted by atomic mass is 16.6. The van der Waals surface area contributed by atoms with Crippen LogP contribution in [0.15, 0.2) is 66.7 Å². The molecule has 0 aromatic heterocycles. The van der Waals surface area contributed by atoms with Gasteiger partial charge in [-0.3, -0.25) is 20.2 Å². The first-order valence-electron chi connectivity index (χ1n) is 6.63. The Balaban J connectivity index is 0.000000240. The van der Waals surface area contributed by atoms with Crippen LogP contribution < -0.4 is 4.74 Å². The molecule has 0 aliphatic rings. The highest BCUT2D eigenvalue weighted by Crippen LogP contribution is 2.18. The van der Waals surface area contributed by atoms with E-state index in [4.69, 9.17) is 4.74 Å². The molecule has 0 radical (unpaired) electrons. The van der Waals surface area contributed by atoms with Crippen molar-refractivity contribution in [2.24, 2.45) is 0 Å². The lowest BCUT2D eigenvalue weighted by atomic mass is 10.3. The predicted molar refractivity (Wildman–Crippen MR) is 86.6 cm³/mol. The smallest absolute Gasteiger partial charge is 0.338 e. The summed E-state index contributed by atoms with van der Waals surface area (Å²) in [5, 5.41) is 20.3. The van der Waals surface area contributed by atoms with E-state index in [9.17, 15) is 25.0 Å². The van der Waals surface area contributed by atoms with Gasteiger partial charge in [-0.15, -0.1) is 0 Å². The topological polar surface area (TPSA) is 113 Å². The maximum Gasteiger partial charge on any atom is 0.338 e. The molecule has 0 aliphatic carbocycles. The molecule has 0 spiro atoms. The van der Waals surface area contributed by atoms with Crippen molar-refractivity contribution in [1.82, 2.24) is 0 Å². The fourth-order valence-corrected chi connectivity index (χ4v) is 1.40. The summed E-state index contributed by atoms with van der Waals surface area (Å²) < 4.78 is 4.94. The molecule has 2 aromatic rings. The number of nitro benzene ring substituents is 2. The molecule has 8 heteroatoms. The first-order chi connectivity index (χ1) is 11.3. The number of esters is 1. The molecular formula is C16H14N2O6. The van der Waals surface area contributed by atoms with E-state index < -0.39 is 9.85 Å². The number of carbonyl (C=O) groups is 1. The van der Waals surface area contributed by atoms with E-state index in [-0.39, 0.29) is 17.3 Å². The lowest BCUT2D eigenvalue weighted by Crippen LogP contribution is -2.07. The van der Waals surface area contributed by atoms with Crippen molar-refractivity contribution >= 4 is 17.3 Å². The molecule has 0 bridgehead atoms. The Labute approximate surface area is 137 Å². The van der Waals surface area contributed by atoms with Gasteiger partial charge < -0.3 is 4.74 Å². The van der Waals surface area contributed by atoms with Crippen molar-refractivity contribution in [1.29, 1.82) is 0 Å². The molecule has 8 nitrogen and oxygen atoms in total. The van der Waals surface area contributed by atoms with E-state index in [2.05, 4.69) is 6.58 Å². The number of hydrogen-bond acceptors (Lipinski definition) is 6. The van der Waals surface area contributed by atoms with Crippen LogP contribution in [-0.4, -0.2) is 15.8 Å². The molecule has 0 aliphatic heterocycles. The number of nitro groups is 2. The van der Waals surface area contributed by atoms with Crippen LogP contribution in [0, 0.1) is 20.2 Å². The second-order valence-electron chi connectivity index (χ2n) is 4.52. The Bertz CT molecular complexity index is 729. The van der Waals surface area contributed by atoms with Gasteiger partial charge >= 0.3 is 5.97 Å². The minimum absolute atomic E-state index is 0.274. The number of nitrogens with zero attached hydrogens (tertiary/aromatic N) is 2. The molecule has 2 aromatic carbocycles. The lowest BCUT2D eigenvalue weighted by molar-refractivity contribution is -0.394. The number of ether oxygens (including phenoxy) is 1. The largest absolute Gasteiger partial charge is 0.423 e. The summed E-state index contributed by atoms with van der Waals surface area (Å²) in [5.74, 6) is 0.159. The molecule has 124 valence electrons. The van der Waals surface area contributed by atoms with E-state index in [1.807, 2.05) is 6.07 Å². The number of hydrogen-bond donors (Lipinski definition) is 0. The van der Waals surface area contributed by atoms with Gasteiger partial charge in [0.1, 0.15) is 5.75 Å². The Morgan fingerprint density at radius 1 is 0.958 bits per heavy atom. The van der Waals surface area contributed by atoms with Gasteiger partial charge in [-0.05, 0) is 25.1 Å². The lowest BCUT2D eigenvalue weighted by Gasteiger charge is -2.01. The molecule has 0 fully saturated rings. The zero-order valence-corrected chi connectivity index (χ0v) is 12.7. The predicted octanol–water partition coefficient (Wildman–Crippen LogP) is 3.67. The van der Waals surface area contributed by atoms with Gasteiger partial charge in [-0.25, -0.2) is 4.79 Å². The summed E-state index contributed by atoms with van der Waals surface area (Å²) in [6, 6.07) is 13.5. The van der Waals surface area contributed by atoms with Crippen LogP contribution in [0.3, 0.4) is 0 Å². The monoisotopic (exact) mass is 330 g/mol. The fraction of sp³-hybridized carbons (Fsp3) is 0.0625. The SMILES string of the molecule is C=C(C)C(=O)Oc1ccccc1.O=[N+]([O-])c1cccc([N+](=O)[O-])c1. The Morgan fingerprint density at radius 2 is 1.46 bits per heavy atom. The zero-order valence-electron chi connectivity index (χ0n) is 12.7. The van der Waals surface area contributed by atoms with E-state index in [0.29, 0.717) is 11.3 Å². The summed E-state index contributed by atoms with van der Waals surface area (Å²) >= 11 is 0. The average molecular weight is 330 g/mol. The Morgan fingerprint density at radius 3 is 1.88 bits per heavy atom. The van der Waals surface area contributed by atoms with Gasteiger partial charge in [0.15, 0.2) is 0 Å². The van der Waals surface area contributed by atoms with Crippen LogP contribution in [0.2, 0.25) is 0 Å². The highest BCUT2D eigenvalue weighted by Gasteiger charge is 2.11. The van der Waals surface area contributed by atoms with E-state index in [1.165, 1.54) is 18.2 Å². The summed E-state index contributed by atoms with van der Waals surface area (Å²) in [4.78, 5) is 30.0. The molecule has 2 rings (SSSR count). The summed E-state index contributed by atoms with van der Waals surface area (Å²) in [6.45, 7) is 5.09. The van der Waals surface area contributed by atoms with Crippen LogP contribution >= 0.6 is 0 Å². The standard InChI is InChI=1S/C10H10O2.C6H4N2O4/c1-8(2)10(11)12-9-6-4-3-5-7-9;9-7(10)5-2-1-3-6(4-5)8(11)12/h3-7H,1H2,2H3;1-4H. The molecule has 0 saturated carbocycles. The van der Waals surface area contributed by atoms with E-state index in [0.717, 1.165) is 6.07 Å². The van der Waals surface area contributed by atoms with Crippen LogP contribution in [-0.2, 0) is 4.79 Å². The van der Waals surface area contributed by atoms with Gasteiger partial charge in [-0.2, -0.15) is 0 Å². The van der Waals surface area contributed by atoms with Crippen molar-refractivity contribution in [3.05, 3.63) is 87.0 Å². The molecule has 0 saturated heterocycles. The summed E-state index contributed by atoms with van der Waals surface area (Å²) in [6.07, 6.45) is 0. The number of benzene rings is 2. The number of carbonyl (C=O) groups excluding carboxylic acids is 1. The quantitative estimate of drug-likeness (QED) is 0.278. The van der Waals surface area contributed by atoms with E-state index >= 15 is 0 Å². The van der Waals surface area contributed by atoms with Crippen LogP contribution in [0.5, 0.6) is 5.75 Å². The minimum atomic E-state index is -0.674. The Kier molecular flexibility index (Phi) is 6.77. The third-order valence-electron chi connectivity index (χ3n) is 2.55. The molecule has 0 amide bonds. The molecule has 0 unspecified atom stereocenters. The molecule has 24 heavy (non-hydrogen) atoms. The average Bonchev–Trinajstić information content (AvgIpc) is 2.56. The maximum absolute atomic E-state index is 11.0. The third kappa shape index (κ3) is 6.06. The van der Waals surface area contributed by atoms with Crippen LogP contribution in [0.25, 0.3) is 0 Å². The molecular weight excluding hydrogens is 316 g/mol. The fourth-order valence-electron chi connectivity index (χ4n) is 1.40. The number of para-hydroxylation sites is 1. The number of non-ortho nitro benzene ring substituents is 2.